The van der Waals surface area contributed by atoms with Gasteiger partial charge in [0.15, 0.2) is 16.9 Å². The molecule has 0 spiro atoms. The summed E-state index contributed by atoms with van der Waals surface area (Å²) >= 11 is 0. The number of fused-ring (bicyclic) bond motifs is 3. The molecule has 9 aromatic heterocycles. The number of carbonyl (C=O) groups excluding carboxylic acids is 2. The number of nitrogens with two attached hydrogens (primary N) is 3. The van der Waals surface area contributed by atoms with Crippen LogP contribution in [0.25, 0.3) is 66.9 Å². The van der Waals surface area contributed by atoms with Crippen LogP contribution < -0.4 is 36.7 Å². The largest absolute Gasteiger partial charge is 0.444 e. The number of aromatic nitrogens is 15. The Hall–Kier alpha value is -11.9. The van der Waals surface area contributed by atoms with Crippen molar-refractivity contribution in [3.05, 3.63) is 165 Å². The van der Waals surface area contributed by atoms with Crippen LogP contribution in [0.2, 0.25) is 0 Å². The van der Waals surface area contributed by atoms with Crippen LogP contribution in [-0.4, -0.2) is 141 Å². The Morgan fingerprint density at radius 3 is 1.23 bits per heavy atom. The van der Waals surface area contributed by atoms with E-state index in [1.807, 2.05) is 150 Å². The summed E-state index contributed by atoms with van der Waals surface area (Å²) in [6, 6.07) is 39.7. The number of likely N-dealkylation sites (tertiary alicyclic amines) is 2. The SMILES string of the molecule is CC#CC(=O)N1CC[C@@H](n2nc(-c3ccc(Oc4ccccc4)nc3)c3c(N)ncnc32)C1.CC(C)(C)OC(=O)N1CC[C@@H](n2nc(-c3ccc(Oc4ccccc4)nc3)c3c(N)ncnc32)C1.Cl.Nc1ncnc2c1c(-c1ccc(Oc3ccccc3)nc1)nn2[C@@H]1CCNC1. The van der Waals surface area contributed by atoms with Crippen molar-refractivity contribution in [2.45, 2.75) is 70.7 Å². The highest BCUT2D eigenvalue weighted by Crippen LogP contribution is 2.38. The standard InChI is InChI=1S/C25H27N7O3.C24H21N7O2.C20H19N7O.ClH/c1-25(2,3)35-24(33)31-12-11-17(14-31)32-23-20(22(26)28-15-29-23)21(30-32)16-9-10-19(27-13-16)34-18-7-5-4-6-8-18;1-2-6-20(32)30-12-11-17(14-30)31-24-21(23(25)27-15-28-24)22(29-31)16-9-10-19(26-13-16)33-18-7-4-3-5-8-18;21-19-17-18(26-27(14-8-9-22-11-14)20(17)25-12-24-19)13-6-7-16(23-10-13)28-15-4-2-1-3-5-15;/h4-10,13,15,17H,11-12,14H2,1-3H3,(H2,26,28,29);3-5,7-10,13,15,17H,11-12,14H2,1H3,(H2,25,27,28);1-7,10,12,14,22H,8-9,11H2,(H2,21,24,25);1H/t2*17-;14-;/m111./s1. The molecule has 12 aromatic rings. The second-order valence-corrected chi connectivity index (χ2v) is 23.7. The maximum Gasteiger partial charge on any atom is 0.410 e. The first-order valence-electron chi connectivity index (χ1n) is 31.2. The number of nitrogens with one attached hydrogen (secondary N) is 1. The molecule has 492 valence electrons. The Balaban J connectivity index is 0.000000139. The molecule has 2 amide bonds. The second-order valence-electron chi connectivity index (χ2n) is 23.7. The first kappa shape index (κ1) is 65.2. The number of para-hydroxylation sites is 3. The van der Waals surface area contributed by atoms with E-state index in [1.54, 1.807) is 47.4 Å². The summed E-state index contributed by atoms with van der Waals surface area (Å²) in [5.41, 5.74) is 24.5. The predicted octanol–water partition coefficient (Wildman–Crippen LogP) is 10.7. The van der Waals surface area contributed by atoms with Gasteiger partial charge in [0.05, 0.1) is 34.3 Å². The van der Waals surface area contributed by atoms with Crippen LogP contribution in [0, 0.1) is 11.8 Å². The number of halogens is 1. The van der Waals surface area contributed by atoms with Gasteiger partial charge in [-0.05, 0) is 114 Å². The van der Waals surface area contributed by atoms with Crippen LogP contribution in [0.1, 0.15) is 65.1 Å². The molecular formula is C69H68ClN21O6. The van der Waals surface area contributed by atoms with Crippen molar-refractivity contribution < 1.29 is 28.5 Å². The third-order valence-corrected chi connectivity index (χ3v) is 16.1. The number of rotatable bonds is 12. The third-order valence-electron chi connectivity index (χ3n) is 16.1. The van der Waals surface area contributed by atoms with Gasteiger partial charge in [0.1, 0.15) is 76.4 Å². The second kappa shape index (κ2) is 28.8. The lowest BCUT2D eigenvalue weighted by atomic mass is 10.1. The van der Waals surface area contributed by atoms with Crippen molar-refractivity contribution in [2.24, 2.45) is 0 Å². The summed E-state index contributed by atoms with van der Waals surface area (Å²) in [5, 5.41) is 20.0. The molecule has 15 rings (SSSR count). The molecule has 3 saturated heterocycles. The lowest BCUT2D eigenvalue weighted by Crippen LogP contribution is -2.35. The maximum absolute atomic E-state index is 12.6. The molecule has 3 aromatic carbocycles. The zero-order valence-corrected chi connectivity index (χ0v) is 54.2. The van der Waals surface area contributed by atoms with E-state index in [1.165, 1.54) is 19.0 Å². The Morgan fingerprint density at radius 2 is 0.876 bits per heavy atom. The van der Waals surface area contributed by atoms with Gasteiger partial charge in [0.25, 0.3) is 5.91 Å². The van der Waals surface area contributed by atoms with Crippen molar-refractivity contribution in [2.75, 3.05) is 56.5 Å². The molecule has 3 fully saturated rings. The smallest absolute Gasteiger partial charge is 0.410 e. The van der Waals surface area contributed by atoms with Crippen LogP contribution in [0.5, 0.6) is 34.9 Å². The fourth-order valence-electron chi connectivity index (χ4n) is 11.5. The zero-order valence-electron chi connectivity index (χ0n) is 53.4. The van der Waals surface area contributed by atoms with Crippen LogP contribution >= 0.6 is 12.4 Å². The number of benzene rings is 3. The number of nitrogens with zero attached hydrogens (tertiary/aromatic N) is 17. The number of nitrogen functional groups attached to an aromatic ring is 3. The Bertz CT molecular complexity index is 4790. The fourth-order valence-corrected chi connectivity index (χ4v) is 11.5. The van der Waals surface area contributed by atoms with E-state index in [9.17, 15) is 9.59 Å². The average molecular weight is 1320 g/mol. The van der Waals surface area contributed by atoms with Crippen molar-refractivity contribution in [1.29, 1.82) is 0 Å². The van der Waals surface area contributed by atoms with E-state index < -0.39 is 5.60 Å². The third kappa shape index (κ3) is 14.6. The van der Waals surface area contributed by atoms with Crippen molar-refractivity contribution in [3.63, 3.8) is 0 Å². The highest BCUT2D eigenvalue weighted by Gasteiger charge is 2.34. The molecule has 3 aliphatic rings. The summed E-state index contributed by atoms with van der Waals surface area (Å²) in [6.07, 6.45) is 11.6. The molecule has 0 aliphatic carbocycles. The number of amides is 2. The minimum Gasteiger partial charge on any atom is -0.444 e. The summed E-state index contributed by atoms with van der Waals surface area (Å²) in [5.74, 6) is 9.79. The fraction of sp³-hybridized carbons (Fsp3) is 0.246. The van der Waals surface area contributed by atoms with Crippen molar-refractivity contribution >= 4 is 75.0 Å². The number of ether oxygens (including phenoxy) is 4. The van der Waals surface area contributed by atoms with Crippen molar-refractivity contribution in [3.8, 4) is 80.5 Å². The minimum absolute atomic E-state index is 0. The highest BCUT2D eigenvalue weighted by molar-refractivity contribution is 6.00. The summed E-state index contributed by atoms with van der Waals surface area (Å²) in [6.45, 7) is 11.2. The van der Waals surface area contributed by atoms with Gasteiger partial charge < -0.3 is 51.3 Å². The molecule has 0 radical (unpaired) electrons. The highest BCUT2D eigenvalue weighted by atomic mass is 35.5. The van der Waals surface area contributed by atoms with Crippen LogP contribution in [0.4, 0.5) is 22.2 Å². The van der Waals surface area contributed by atoms with Gasteiger partial charge in [-0.2, -0.15) is 15.3 Å². The molecule has 7 N–H and O–H groups in total. The van der Waals surface area contributed by atoms with E-state index in [2.05, 4.69) is 62.0 Å². The Labute approximate surface area is 562 Å². The lowest BCUT2D eigenvalue weighted by Gasteiger charge is -2.24. The van der Waals surface area contributed by atoms with E-state index in [4.69, 9.17) is 51.4 Å². The van der Waals surface area contributed by atoms with E-state index >= 15 is 0 Å². The number of hydrogen-bond acceptors (Lipinski definition) is 22. The predicted molar refractivity (Wildman–Crippen MR) is 367 cm³/mol. The van der Waals surface area contributed by atoms with Crippen LogP contribution in [0.15, 0.2) is 165 Å². The molecule has 97 heavy (non-hydrogen) atoms. The van der Waals surface area contributed by atoms with E-state index in [0.717, 1.165) is 71.5 Å². The van der Waals surface area contributed by atoms with Crippen molar-refractivity contribution in [1.82, 2.24) is 89.3 Å². The van der Waals surface area contributed by atoms with Gasteiger partial charge in [-0.15, -0.1) is 12.4 Å². The van der Waals surface area contributed by atoms with Gasteiger partial charge in [-0.1, -0.05) is 60.5 Å². The molecule has 3 atom stereocenters. The monoisotopic (exact) mass is 1320 g/mol. The van der Waals surface area contributed by atoms with E-state index in [-0.39, 0.29) is 42.5 Å². The summed E-state index contributed by atoms with van der Waals surface area (Å²) in [4.78, 5) is 67.3. The molecule has 0 bridgehead atoms. The molecule has 27 nitrogen and oxygen atoms in total. The number of hydrogen-bond donors (Lipinski definition) is 4. The summed E-state index contributed by atoms with van der Waals surface area (Å²) < 4.78 is 28.5. The van der Waals surface area contributed by atoms with Crippen LogP contribution in [-0.2, 0) is 9.53 Å². The minimum atomic E-state index is -0.550. The Morgan fingerprint density at radius 1 is 0.495 bits per heavy atom. The average Bonchev–Trinajstić information content (AvgIpc) is 1.63. The maximum atomic E-state index is 12.6. The Kier molecular flexibility index (Phi) is 19.3. The van der Waals surface area contributed by atoms with Gasteiger partial charge >= 0.3 is 6.09 Å². The van der Waals surface area contributed by atoms with Crippen LogP contribution in [0.3, 0.4) is 0 Å². The molecular weight excluding hydrogens is 1250 g/mol. The zero-order chi connectivity index (χ0) is 66.3. The van der Waals surface area contributed by atoms with Gasteiger partial charge in [0, 0.05) is 86.2 Å². The van der Waals surface area contributed by atoms with Gasteiger partial charge in [0.2, 0.25) is 17.6 Å². The van der Waals surface area contributed by atoms with Gasteiger partial charge in [-0.25, -0.2) is 63.7 Å². The first-order chi connectivity index (χ1) is 46.7. The number of pyridine rings is 3. The quantitative estimate of drug-likeness (QED) is 0.0826. The molecule has 0 unspecified atom stereocenters. The molecule has 3 aliphatic heterocycles. The summed E-state index contributed by atoms with van der Waals surface area (Å²) in [7, 11) is 0. The number of anilines is 3. The molecule has 12 heterocycles. The topological polar surface area (TPSA) is 337 Å². The molecule has 0 saturated carbocycles. The van der Waals surface area contributed by atoms with E-state index in [0.29, 0.717) is 106 Å². The van der Waals surface area contributed by atoms with Gasteiger partial charge in [-0.3, -0.25) is 4.79 Å². The first-order valence-corrected chi connectivity index (χ1v) is 31.2. The molecule has 28 heteroatoms. The normalized spacial score (nSPS) is 15.7. The lowest BCUT2D eigenvalue weighted by molar-refractivity contribution is -0.124. The number of carbonyl (C=O) groups is 2.